The highest BCUT2D eigenvalue weighted by atomic mass is 16.6. The Labute approximate surface area is 147 Å². The predicted molar refractivity (Wildman–Crippen MR) is 94.3 cm³/mol. The summed E-state index contributed by atoms with van der Waals surface area (Å²) < 4.78 is 10.9. The van der Waals surface area contributed by atoms with Gasteiger partial charge in [0.1, 0.15) is 11.4 Å². The molecule has 0 fully saturated rings. The van der Waals surface area contributed by atoms with E-state index in [1.807, 2.05) is 13.0 Å². The molecule has 2 atom stereocenters. The summed E-state index contributed by atoms with van der Waals surface area (Å²) in [7, 11) is 0. The molecule has 5 nitrogen and oxygen atoms in total. The van der Waals surface area contributed by atoms with E-state index in [-0.39, 0.29) is 6.61 Å². The number of para-hydroxylation sites is 1. The highest BCUT2D eigenvalue weighted by Gasteiger charge is 2.34. The maximum Gasteiger partial charge on any atom is 0.347 e. The molecule has 0 aliphatic heterocycles. The van der Waals surface area contributed by atoms with Gasteiger partial charge < -0.3 is 19.7 Å². The van der Waals surface area contributed by atoms with Crippen molar-refractivity contribution in [2.45, 2.75) is 32.0 Å². The number of aliphatic hydroxyl groups excluding tert-OH is 1. The summed E-state index contributed by atoms with van der Waals surface area (Å²) >= 11 is 0. The van der Waals surface area contributed by atoms with Crippen LogP contribution in [0.5, 0.6) is 5.75 Å². The number of ether oxygens (including phenoxy) is 2. The molecule has 0 aromatic heterocycles. The quantitative estimate of drug-likeness (QED) is 0.720. The smallest absolute Gasteiger partial charge is 0.347 e. The zero-order valence-electron chi connectivity index (χ0n) is 14.5. The van der Waals surface area contributed by atoms with Gasteiger partial charge >= 0.3 is 5.97 Å². The Morgan fingerprint density at radius 2 is 1.72 bits per heavy atom. The monoisotopic (exact) mass is 344 g/mol. The molecule has 0 spiro atoms. The molecule has 0 saturated carbocycles. The number of carbonyl (C=O) groups excluding carboxylic acids is 1. The lowest BCUT2D eigenvalue weighted by molar-refractivity contribution is -0.151. The van der Waals surface area contributed by atoms with Crippen LogP contribution < -0.4 is 4.74 Å². The summed E-state index contributed by atoms with van der Waals surface area (Å²) in [6.07, 6.45) is -0.351. The minimum absolute atomic E-state index is 0.269. The van der Waals surface area contributed by atoms with Gasteiger partial charge in [0, 0.05) is 5.56 Å². The van der Waals surface area contributed by atoms with Crippen LogP contribution in [0.4, 0.5) is 0 Å². The molecule has 0 heterocycles. The lowest BCUT2D eigenvalue weighted by atomic mass is 9.86. The number of hydrogen-bond acceptors (Lipinski definition) is 5. The van der Waals surface area contributed by atoms with Crippen molar-refractivity contribution in [2.75, 3.05) is 13.2 Å². The van der Waals surface area contributed by atoms with Crippen LogP contribution in [0, 0.1) is 0 Å². The van der Waals surface area contributed by atoms with Crippen LogP contribution in [0.2, 0.25) is 0 Å². The molecule has 5 heteroatoms. The third-order valence-electron chi connectivity index (χ3n) is 4.00. The first-order chi connectivity index (χ1) is 12.1. The van der Waals surface area contributed by atoms with Gasteiger partial charge in [-0.3, -0.25) is 0 Å². The van der Waals surface area contributed by atoms with Crippen LogP contribution in [-0.2, 0) is 15.1 Å². The van der Waals surface area contributed by atoms with E-state index in [4.69, 9.17) is 9.47 Å². The fraction of sp³-hybridized carbons (Fsp3) is 0.350. The van der Waals surface area contributed by atoms with E-state index in [0.717, 1.165) is 0 Å². The molecule has 2 N–H and O–H groups in total. The standard InChI is InChI=1S/C20H24O5/c1-3-17(19(22)24-4-2)25-18-13-9-8-12-16(18)20(23,14-21)15-10-6-5-7-11-15/h5-13,17,21,23H,3-4,14H2,1-2H3. The first-order valence-electron chi connectivity index (χ1n) is 8.38. The van der Waals surface area contributed by atoms with Crippen molar-refractivity contribution >= 4 is 5.97 Å². The molecule has 134 valence electrons. The lowest BCUT2D eigenvalue weighted by Crippen LogP contribution is -2.34. The summed E-state index contributed by atoms with van der Waals surface area (Å²) in [5.41, 5.74) is -0.700. The molecule has 0 aliphatic rings. The third kappa shape index (κ3) is 4.18. The molecule has 2 aromatic rings. The third-order valence-corrected chi connectivity index (χ3v) is 4.00. The van der Waals surface area contributed by atoms with Gasteiger partial charge in [-0.1, -0.05) is 55.5 Å². The summed E-state index contributed by atoms with van der Waals surface area (Å²) in [6.45, 7) is 3.30. The van der Waals surface area contributed by atoms with Crippen molar-refractivity contribution in [1.29, 1.82) is 0 Å². The Kier molecular flexibility index (Phi) is 6.56. The van der Waals surface area contributed by atoms with Crippen LogP contribution in [0.15, 0.2) is 54.6 Å². The van der Waals surface area contributed by atoms with Crippen molar-refractivity contribution in [3.05, 3.63) is 65.7 Å². The van der Waals surface area contributed by atoms with Crippen molar-refractivity contribution in [2.24, 2.45) is 0 Å². The van der Waals surface area contributed by atoms with Crippen LogP contribution in [0.25, 0.3) is 0 Å². The second kappa shape index (κ2) is 8.65. The van der Waals surface area contributed by atoms with Crippen LogP contribution in [0.3, 0.4) is 0 Å². The van der Waals surface area contributed by atoms with Gasteiger partial charge in [-0.05, 0) is 25.0 Å². The molecule has 2 unspecified atom stereocenters. The first-order valence-corrected chi connectivity index (χ1v) is 8.38. The molecule has 0 saturated heterocycles. The zero-order chi connectivity index (χ0) is 18.3. The summed E-state index contributed by atoms with van der Waals surface area (Å²) in [5, 5.41) is 21.0. The minimum Gasteiger partial charge on any atom is -0.478 e. The van der Waals surface area contributed by atoms with E-state index in [1.165, 1.54) is 0 Å². The van der Waals surface area contributed by atoms with Crippen molar-refractivity contribution < 1.29 is 24.5 Å². The van der Waals surface area contributed by atoms with Crippen LogP contribution >= 0.6 is 0 Å². The molecule has 0 amide bonds. The number of hydrogen-bond donors (Lipinski definition) is 2. The molecule has 0 bridgehead atoms. The lowest BCUT2D eigenvalue weighted by Gasteiger charge is -2.29. The molecular weight excluding hydrogens is 320 g/mol. The molecular formula is C20H24O5. The van der Waals surface area contributed by atoms with Crippen molar-refractivity contribution in [1.82, 2.24) is 0 Å². The molecule has 25 heavy (non-hydrogen) atoms. The Morgan fingerprint density at radius 3 is 2.32 bits per heavy atom. The number of aliphatic hydroxyl groups is 2. The Morgan fingerprint density at radius 1 is 1.08 bits per heavy atom. The van der Waals surface area contributed by atoms with E-state index in [1.54, 1.807) is 55.5 Å². The van der Waals surface area contributed by atoms with Crippen molar-refractivity contribution in [3.8, 4) is 5.75 Å². The maximum absolute atomic E-state index is 12.0. The SMILES string of the molecule is CCOC(=O)C(CC)Oc1ccccc1C(O)(CO)c1ccccc1. The van der Waals surface area contributed by atoms with Crippen molar-refractivity contribution in [3.63, 3.8) is 0 Å². The minimum atomic E-state index is -1.63. The summed E-state index contributed by atoms with van der Waals surface area (Å²) in [6, 6.07) is 15.7. The molecule has 2 rings (SSSR count). The molecule has 0 aliphatic carbocycles. The average Bonchev–Trinajstić information content (AvgIpc) is 2.66. The second-order valence-corrected chi connectivity index (χ2v) is 5.65. The predicted octanol–water partition coefficient (Wildman–Crippen LogP) is 2.64. The molecule has 2 aromatic carbocycles. The Hall–Kier alpha value is -2.37. The number of carbonyl (C=O) groups is 1. The first kappa shape index (κ1) is 19.0. The fourth-order valence-electron chi connectivity index (χ4n) is 2.64. The van der Waals surface area contributed by atoms with Crippen LogP contribution in [0.1, 0.15) is 31.4 Å². The van der Waals surface area contributed by atoms with E-state index in [2.05, 4.69) is 0 Å². The van der Waals surface area contributed by atoms with E-state index >= 15 is 0 Å². The average molecular weight is 344 g/mol. The highest BCUT2D eigenvalue weighted by molar-refractivity contribution is 5.75. The van der Waals surface area contributed by atoms with Crippen LogP contribution in [-0.4, -0.2) is 35.5 Å². The van der Waals surface area contributed by atoms with Gasteiger partial charge in [-0.15, -0.1) is 0 Å². The zero-order valence-corrected chi connectivity index (χ0v) is 14.5. The van der Waals surface area contributed by atoms with Gasteiger partial charge in [-0.25, -0.2) is 4.79 Å². The summed E-state index contributed by atoms with van der Waals surface area (Å²) in [4.78, 5) is 12.0. The maximum atomic E-state index is 12.0. The largest absolute Gasteiger partial charge is 0.478 e. The van der Waals surface area contributed by atoms with Gasteiger partial charge in [-0.2, -0.15) is 0 Å². The number of benzene rings is 2. The number of rotatable bonds is 8. The fourth-order valence-corrected chi connectivity index (χ4v) is 2.64. The topological polar surface area (TPSA) is 76.0 Å². The summed E-state index contributed by atoms with van der Waals surface area (Å²) in [5.74, 6) is -0.116. The normalized spacial score (nSPS) is 14.4. The van der Waals surface area contributed by atoms with Gasteiger partial charge in [0.25, 0.3) is 0 Å². The van der Waals surface area contributed by atoms with Gasteiger partial charge in [0.2, 0.25) is 0 Å². The van der Waals surface area contributed by atoms with Gasteiger partial charge in [0.05, 0.1) is 13.2 Å². The Bertz CT molecular complexity index is 685. The van der Waals surface area contributed by atoms with Gasteiger partial charge in [0.15, 0.2) is 6.10 Å². The Balaban J connectivity index is 2.41. The second-order valence-electron chi connectivity index (χ2n) is 5.65. The van der Waals surface area contributed by atoms with E-state index in [9.17, 15) is 15.0 Å². The van der Waals surface area contributed by atoms with E-state index in [0.29, 0.717) is 23.3 Å². The number of esters is 1. The molecule has 0 radical (unpaired) electrons. The highest BCUT2D eigenvalue weighted by Crippen LogP contribution is 2.36. The van der Waals surface area contributed by atoms with E-state index < -0.39 is 24.3 Å².